The number of benzene rings is 1. The van der Waals surface area contributed by atoms with Crippen molar-refractivity contribution >= 4 is 11.6 Å². The van der Waals surface area contributed by atoms with E-state index in [9.17, 15) is 4.79 Å². The van der Waals surface area contributed by atoms with Gasteiger partial charge in [-0.25, -0.2) is 0 Å². The molecule has 1 aromatic carbocycles. The maximum Gasteiger partial charge on any atom is 0.226 e. The number of amides is 1. The number of nitrogens with zero attached hydrogens (tertiary/aromatic N) is 4. The molecule has 186 valence electrons. The summed E-state index contributed by atoms with van der Waals surface area (Å²) in [6.07, 6.45) is 9.23. The van der Waals surface area contributed by atoms with Crippen LogP contribution in [0.2, 0.25) is 0 Å². The Bertz CT molecular complexity index is 1090. The van der Waals surface area contributed by atoms with Crippen molar-refractivity contribution in [1.82, 2.24) is 19.4 Å². The van der Waals surface area contributed by atoms with E-state index in [0.717, 1.165) is 39.0 Å². The highest BCUT2D eigenvalue weighted by molar-refractivity contribution is 5.81. The molecule has 4 aliphatic rings. The van der Waals surface area contributed by atoms with E-state index in [4.69, 9.17) is 0 Å². The van der Waals surface area contributed by atoms with Gasteiger partial charge in [-0.3, -0.25) is 9.47 Å². The van der Waals surface area contributed by atoms with Crippen LogP contribution < -0.4 is 5.43 Å². The number of carbonyl (C=O) groups excluding carboxylic acids is 1. The van der Waals surface area contributed by atoms with Gasteiger partial charge in [-0.05, 0) is 81.4 Å². The Balaban J connectivity index is 1.15. The van der Waals surface area contributed by atoms with E-state index in [2.05, 4.69) is 81.3 Å². The van der Waals surface area contributed by atoms with Crippen LogP contribution in [-0.2, 0) is 4.79 Å². The molecular formula is C29H39N5O. The summed E-state index contributed by atoms with van der Waals surface area (Å²) in [6, 6.07) is 11.9. The number of likely N-dealkylation sites (tertiary alicyclic amines) is 1. The van der Waals surface area contributed by atoms with E-state index in [-0.39, 0.29) is 6.04 Å². The number of nitrogens with one attached hydrogen (secondary N) is 1. The van der Waals surface area contributed by atoms with Crippen molar-refractivity contribution in [3.05, 3.63) is 53.9 Å². The van der Waals surface area contributed by atoms with Gasteiger partial charge >= 0.3 is 0 Å². The number of piperidine rings is 1. The summed E-state index contributed by atoms with van der Waals surface area (Å²) in [5.74, 6) is 1.37. The highest BCUT2D eigenvalue weighted by atomic mass is 16.2. The van der Waals surface area contributed by atoms with E-state index in [0.29, 0.717) is 17.7 Å². The fourth-order valence-electron chi connectivity index (χ4n) is 6.18. The summed E-state index contributed by atoms with van der Waals surface area (Å²) in [5, 5.41) is 0. The topological polar surface area (TPSA) is 43.8 Å². The lowest BCUT2D eigenvalue weighted by Gasteiger charge is -2.42. The van der Waals surface area contributed by atoms with Crippen molar-refractivity contribution in [3.63, 3.8) is 0 Å². The molecule has 3 fully saturated rings. The number of hydrogen-bond donors (Lipinski definition) is 1. The van der Waals surface area contributed by atoms with Gasteiger partial charge in [0.15, 0.2) is 0 Å². The molecule has 1 aliphatic carbocycles. The van der Waals surface area contributed by atoms with Crippen molar-refractivity contribution in [2.45, 2.75) is 51.5 Å². The molecule has 0 spiro atoms. The van der Waals surface area contributed by atoms with Crippen LogP contribution in [-0.4, -0.2) is 77.1 Å². The highest BCUT2D eigenvalue weighted by Crippen LogP contribution is 2.35. The molecule has 1 saturated carbocycles. The molecule has 6 heteroatoms. The molecule has 6 rings (SSSR count). The summed E-state index contributed by atoms with van der Waals surface area (Å²) in [6.45, 7) is 11.5. The molecule has 2 aromatic rings. The minimum absolute atomic E-state index is 0.257. The van der Waals surface area contributed by atoms with Crippen molar-refractivity contribution in [2.24, 2.45) is 5.92 Å². The highest BCUT2D eigenvalue weighted by Gasteiger charge is 2.38. The number of carbonyl (C=O) groups is 1. The molecule has 35 heavy (non-hydrogen) atoms. The Morgan fingerprint density at radius 3 is 2.46 bits per heavy atom. The van der Waals surface area contributed by atoms with Gasteiger partial charge in [0.25, 0.3) is 0 Å². The number of rotatable bonds is 5. The Morgan fingerprint density at radius 1 is 1.00 bits per heavy atom. The standard InChI is InChI=1S/C29H39N5O/c1-3-31-14-11-24(12-15-31)22-4-6-23(7-5-22)26-18-28-27(10-13-30-34(28)20-26)32-16-17-33(21(2)19-32)29(35)25-8-9-25/h4-7,10,18,20-21,24-25,30H,3,8-9,11-17,19H2,1-2H3/t21-/m1/s1. The molecule has 1 amide bonds. The summed E-state index contributed by atoms with van der Waals surface area (Å²) in [4.78, 5) is 19.8. The predicted molar refractivity (Wildman–Crippen MR) is 142 cm³/mol. The van der Waals surface area contributed by atoms with Gasteiger partial charge in [-0.2, -0.15) is 0 Å². The normalized spacial score (nSPS) is 23.6. The zero-order valence-electron chi connectivity index (χ0n) is 21.2. The van der Waals surface area contributed by atoms with Crippen LogP contribution in [0.25, 0.3) is 16.8 Å². The molecule has 0 radical (unpaired) electrons. The van der Waals surface area contributed by atoms with Crippen LogP contribution in [0.5, 0.6) is 0 Å². The summed E-state index contributed by atoms with van der Waals surface area (Å²) in [7, 11) is 0. The summed E-state index contributed by atoms with van der Waals surface area (Å²) in [5.41, 5.74) is 10.0. The maximum absolute atomic E-state index is 12.6. The van der Waals surface area contributed by atoms with Crippen LogP contribution in [0, 0.1) is 5.92 Å². The van der Waals surface area contributed by atoms with E-state index in [1.54, 1.807) is 0 Å². The lowest BCUT2D eigenvalue weighted by molar-refractivity contribution is -0.136. The third-order valence-electron chi connectivity index (χ3n) is 8.57. The van der Waals surface area contributed by atoms with Gasteiger partial charge in [0.05, 0.1) is 17.9 Å². The minimum atomic E-state index is 0.257. The Hall–Kier alpha value is -2.73. The Kier molecular flexibility index (Phi) is 6.09. The molecule has 1 N–H and O–H groups in total. The molecular weight excluding hydrogens is 434 g/mol. The number of piperazine rings is 1. The van der Waals surface area contributed by atoms with Crippen LogP contribution >= 0.6 is 0 Å². The third-order valence-corrected chi connectivity index (χ3v) is 8.57. The first kappa shape index (κ1) is 22.7. The van der Waals surface area contributed by atoms with Crippen molar-refractivity contribution < 1.29 is 4.79 Å². The van der Waals surface area contributed by atoms with Crippen molar-refractivity contribution in [3.8, 4) is 11.1 Å². The van der Waals surface area contributed by atoms with Crippen molar-refractivity contribution in [2.75, 3.05) is 51.2 Å². The number of fused-ring (bicyclic) bond motifs is 1. The molecule has 1 atom stereocenters. The SMILES string of the molecule is CCN1CCC(c2ccc(-c3cc4n(c3)NCC=C4N3CCN(C(=O)C4CC4)[C@H](C)C3)cc2)CC1. The second-order valence-corrected chi connectivity index (χ2v) is 10.9. The molecule has 0 unspecified atom stereocenters. The monoisotopic (exact) mass is 473 g/mol. The largest absolute Gasteiger partial charge is 0.366 e. The van der Waals surface area contributed by atoms with Gasteiger partial charge < -0.3 is 20.1 Å². The van der Waals surface area contributed by atoms with Gasteiger partial charge in [0, 0.05) is 43.4 Å². The second kappa shape index (κ2) is 9.38. The molecule has 2 saturated heterocycles. The third kappa shape index (κ3) is 4.49. The van der Waals surface area contributed by atoms with E-state index in [1.165, 1.54) is 60.6 Å². The zero-order chi connectivity index (χ0) is 23.9. The first-order valence-corrected chi connectivity index (χ1v) is 13.7. The van der Waals surface area contributed by atoms with E-state index in [1.807, 2.05) is 0 Å². The van der Waals surface area contributed by atoms with Crippen molar-refractivity contribution in [1.29, 1.82) is 0 Å². The molecule has 6 nitrogen and oxygen atoms in total. The van der Waals surface area contributed by atoms with Crippen LogP contribution in [0.15, 0.2) is 42.6 Å². The Labute approximate surface area is 209 Å². The summed E-state index contributed by atoms with van der Waals surface area (Å²) >= 11 is 0. The van der Waals surface area contributed by atoms with Crippen LogP contribution in [0.3, 0.4) is 0 Å². The first-order chi connectivity index (χ1) is 17.1. The lowest BCUT2D eigenvalue weighted by Crippen LogP contribution is -2.54. The van der Waals surface area contributed by atoms with Gasteiger partial charge in [-0.1, -0.05) is 31.2 Å². The average Bonchev–Trinajstić information content (AvgIpc) is 3.66. The maximum atomic E-state index is 12.6. The van der Waals surface area contributed by atoms with E-state index >= 15 is 0 Å². The zero-order valence-corrected chi connectivity index (χ0v) is 21.2. The van der Waals surface area contributed by atoms with Gasteiger partial charge in [-0.15, -0.1) is 0 Å². The fraction of sp³-hybridized carbons (Fsp3) is 0.552. The molecule has 4 heterocycles. The first-order valence-electron chi connectivity index (χ1n) is 13.7. The smallest absolute Gasteiger partial charge is 0.226 e. The summed E-state index contributed by atoms with van der Waals surface area (Å²) < 4.78 is 2.19. The van der Waals surface area contributed by atoms with Gasteiger partial charge in [0.2, 0.25) is 5.91 Å². The van der Waals surface area contributed by atoms with Crippen LogP contribution in [0.4, 0.5) is 0 Å². The molecule has 0 bridgehead atoms. The average molecular weight is 474 g/mol. The quantitative estimate of drug-likeness (QED) is 0.707. The molecule has 3 aliphatic heterocycles. The molecule has 1 aromatic heterocycles. The minimum Gasteiger partial charge on any atom is -0.366 e. The number of hydrogen-bond acceptors (Lipinski definition) is 4. The fourth-order valence-corrected chi connectivity index (χ4v) is 6.18. The second-order valence-electron chi connectivity index (χ2n) is 10.9. The number of aromatic nitrogens is 1. The van der Waals surface area contributed by atoms with Gasteiger partial charge in [0.1, 0.15) is 0 Å². The lowest BCUT2D eigenvalue weighted by atomic mass is 9.88. The van der Waals surface area contributed by atoms with Crippen LogP contribution in [0.1, 0.15) is 56.7 Å². The predicted octanol–water partition coefficient (Wildman–Crippen LogP) is 4.20. The van der Waals surface area contributed by atoms with E-state index < -0.39 is 0 Å². The Morgan fingerprint density at radius 2 is 1.77 bits per heavy atom.